The zero-order chi connectivity index (χ0) is 19.9. The lowest BCUT2D eigenvalue weighted by Crippen LogP contribution is -2.25. The van der Waals surface area contributed by atoms with Crippen LogP contribution in [0.4, 0.5) is 0 Å². The Labute approximate surface area is 158 Å². The van der Waals surface area contributed by atoms with Gasteiger partial charge in [0, 0.05) is 11.8 Å². The standard InChI is InChI=1S/C22H24N2O3/c1-12(2)20(26)18-17(25)11-10-16-19(18)23-21(13(3)4)24(22(16)27)15-8-6-14(5)7-9-15/h6-13,25H,1-5H3. The minimum absolute atomic E-state index is 0.0484. The first kappa shape index (κ1) is 18.8. The zero-order valence-corrected chi connectivity index (χ0v) is 16.3. The second kappa shape index (κ2) is 6.99. The summed E-state index contributed by atoms with van der Waals surface area (Å²) < 4.78 is 1.59. The van der Waals surface area contributed by atoms with Crippen molar-refractivity contribution in [2.75, 3.05) is 0 Å². The third-order valence-corrected chi connectivity index (χ3v) is 4.62. The number of fused-ring (bicyclic) bond motifs is 1. The van der Waals surface area contributed by atoms with E-state index < -0.39 is 0 Å². The van der Waals surface area contributed by atoms with E-state index in [1.807, 2.05) is 45.0 Å². The molecule has 2 aromatic carbocycles. The second-order valence-electron chi connectivity index (χ2n) is 7.48. The lowest BCUT2D eigenvalue weighted by atomic mass is 9.97. The maximum Gasteiger partial charge on any atom is 0.266 e. The van der Waals surface area contributed by atoms with E-state index in [1.165, 1.54) is 12.1 Å². The van der Waals surface area contributed by atoms with Crippen molar-refractivity contribution in [1.29, 1.82) is 0 Å². The molecule has 0 radical (unpaired) electrons. The van der Waals surface area contributed by atoms with Crippen molar-refractivity contribution >= 4 is 16.7 Å². The number of rotatable bonds is 4. The lowest BCUT2D eigenvalue weighted by Gasteiger charge is -2.18. The Morgan fingerprint density at radius 1 is 1.04 bits per heavy atom. The van der Waals surface area contributed by atoms with Crippen LogP contribution in [0.2, 0.25) is 0 Å². The van der Waals surface area contributed by atoms with E-state index >= 15 is 0 Å². The Bertz CT molecular complexity index is 1080. The van der Waals surface area contributed by atoms with Crippen LogP contribution in [-0.4, -0.2) is 20.4 Å². The molecule has 0 bridgehead atoms. The number of carbonyl (C=O) groups excluding carboxylic acids is 1. The number of carbonyl (C=O) groups is 1. The molecule has 0 saturated carbocycles. The van der Waals surface area contributed by atoms with Gasteiger partial charge in [-0.1, -0.05) is 45.4 Å². The number of aryl methyl sites for hydroxylation is 1. The molecule has 0 aliphatic rings. The van der Waals surface area contributed by atoms with Crippen LogP contribution in [0, 0.1) is 12.8 Å². The fourth-order valence-electron chi connectivity index (χ4n) is 3.12. The number of hydrogen-bond donors (Lipinski definition) is 1. The maximum atomic E-state index is 13.3. The molecule has 140 valence electrons. The maximum absolute atomic E-state index is 13.3. The van der Waals surface area contributed by atoms with Gasteiger partial charge in [-0.3, -0.25) is 14.2 Å². The van der Waals surface area contributed by atoms with Crippen molar-refractivity contribution in [2.45, 2.75) is 40.5 Å². The molecule has 1 N–H and O–H groups in total. The van der Waals surface area contributed by atoms with Gasteiger partial charge in [-0.15, -0.1) is 0 Å². The van der Waals surface area contributed by atoms with Gasteiger partial charge < -0.3 is 5.11 Å². The highest BCUT2D eigenvalue weighted by atomic mass is 16.3. The van der Waals surface area contributed by atoms with Gasteiger partial charge in [-0.05, 0) is 31.2 Å². The minimum Gasteiger partial charge on any atom is -0.507 e. The number of ketones is 1. The molecule has 0 unspecified atom stereocenters. The largest absolute Gasteiger partial charge is 0.507 e. The number of phenolic OH excluding ortho intramolecular Hbond substituents is 1. The summed E-state index contributed by atoms with van der Waals surface area (Å²) in [5.74, 6) is -0.179. The van der Waals surface area contributed by atoms with Gasteiger partial charge in [0.1, 0.15) is 11.6 Å². The Kier molecular flexibility index (Phi) is 4.87. The topological polar surface area (TPSA) is 72.2 Å². The van der Waals surface area contributed by atoms with Crippen LogP contribution in [0.5, 0.6) is 5.75 Å². The molecule has 27 heavy (non-hydrogen) atoms. The Balaban J connectivity index is 2.44. The average molecular weight is 364 g/mol. The van der Waals surface area contributed by atoms with Crippen LogP contribution in [0.1, 0.15) is 55.4 Å². The van der Waals surface area contributed by atoms with E-state index in [4.69, 9.17) is 0 Å². The van der Waals surface area contributed by atoms with Crippen LogP contribution in [-0.2, 0) is 0 Å². The molecule has 1 aromatic heterocycles. The molecule has 0 atom stereocenters. The molecule has 0 amide bonds. The lowest BCUT2D eigenvalue weighted by molar-refractivity contribution is 0.0938. The zero-order valence-electron chi connectivity index (χ0n) is 16.3. The number of Topliss-reactive ketones (excluding diaryl/α,β-unsaturated/α-hetero) is 1. The van der Waals surface area contributed by atoms with Crippen LogP contribution >= 0.6 is 0 Å². The highest BCUT2D eigenvalue weighted by Gasteiger charge is 2.23. The summed E-state index contributed by atoms with van der Waals surface area (Å²) in [5, 5.41) is 10.6. The Hall–Kier alpha value is -2.95. The van der Waals surface area contributed by atoms with Gasteiger partial charge in [0.05, 0.1) is 22.2 Å². The Morgan fingerprint density at radius 3 is 2.22 bits per heavy atom. The summed E-state index contributed by atoms with van der Waals surface area (Å²) in [6.07, 6.45) is 0. The molecule has 0 saturated heterocycles. The van der Waals surface area contributed by atoms with Crippen LogP contribution in [0.25, 0.3) is 16.6 Å². The smallest absolute Gasteiger partial charge is 0.266 e. The Morgan fingerprint density at radius 2 is 1.67 bits per heavy atom. The monoisotopic (exact) mass is 364 g/mol. The summed E-state index contributed by atoms with van der Waals surface area (Å²) in [7, 11) is 0. The molecule has 0 aliphatic carbocycles. The molecule has 3 rings (SSSR count). The number of aromatic hydroxyl groups is 1. The van der Waals surface area contributed by atoms with Gasteiger partial charge >= 0.3 is 0 Å². The van der Waals surface area contributed by atoms with Crippen LogP contribution in [0.15, 0.2) is 41.2 Å². The molecule has 5 nitrogen and oxygen atoms in total. The van der Waals surface area contributed by atoms with Crippen molar-refractivity contribution in [2.24, 2.45) is 5.92 Å². The predicted molar refractivity (Wildman–Crippen MR) is 107 cm³/mol. The highest BCUT2D eigenvalue weighted by Crippen LogP contribution is 2.29. The quantitative estimate of drug-likeness (QED) is 0.698. The van der Waals surface area contributed by atoms with E-state index in [0.717, 1.165) is 11.3 Å². The van der Waals surface area contributed by atoms with E-state index in [2.05, 4.69) is 4.98 Å². The first-order valence-corrected chi connectivity index (χ1v) is 9.12. The van der Waals surface area contributed by atoms with Gasteiger partial charge in [-0.25, -0.2) is 4.98 Å². The van der Waals surface area contributed by atoms with Gasteiger partial charge in [0.2, 0.25) is 0 Å². The van der Waals surface area contributed by atoms with Crippen molar-refractivity contribution in [3.8, 4) is 11.4 Å². The molecule has 5 heteroatoms. The van der Waals surface area contributed by atoms with Crippen molar-refractivity contribution in [3.63, 3.8) is 0 Å². The molecular weight excluding hydrogens is 340 g/mol. The predicted octanol–water partition coefficient (Wildman–Crippen LogP) is 4.36. The number of benzene rings is 2. The van der Waals surface area contributed by atoms with Crippen LogP contribution in [0.3, 0.4) is 0 Å². The van der Waals surface area contributed by atoms with Gasteiger partial charge in [0.15, 0.2) is 5.78 Å². The van der Waals surface area contributed by atoms with Crippen molar-refractivity contribution < 1.29 is 9.90 Å². The molecule has 0 fully saturated rings. The van der Waals surface area contributed by atoms with Crippen molar-refractivity contribution in [1.82, 2.24) is 9.55 Å². The summed E-state index contributed by atoms with van der Waals surface area (Å²) in [4.78, 5) is 30.7. The van der Waals surface area contributed by atoms with E-state index in [9.17, 15) is 14.7 Å². The molecule has 0 aliphatic heterocycles. The summed E-state index contributed by atoms with van der Waals surface area (Å²) in [6, 6.07) is 10.6. The number of nitrogens with zero attached hydrogens (tertiary/aromatic N) is 2. The molecule has 1 heterocycles. The van der Waals surface area contributed by atoms with E-state index in [-0.39, 0.29) is 40.0 Å². The summed E-state index contributed by atoms with van der Waals surface area (Å²) >= 11 is 0. The summed E-state index contributed by atoms with van der Waals surface area (Å²) in [5.41, 5.74) is 1.98. The summed E-state index contributed by atoms with van der Waals surface area (Å²) in [6.45, 7) is 9.41. The first-order valence-electron chi connectivity index (χ1n) is 9.12. The molecule has 0 spiro atoms. The fourth-order valence-corrected chi connectivity index (χ4v) is 3.12. The third-order valence-electron chi connectivity index (χ3n) is 4.62. The van der Waals surface area contributed by atoms with Crippen molar-refractivity contribution in [3.05, 3.63) is 63.7 Å². The van der Waals surface area contributed by atoms with E-state index in [0.29, 0.717) is 11.2 Å². The number of aromatic nitrogens is 2. The van der Waals surface area contributed by atoms with E-state index in [1.54, 1.807) is 18.4 Å². The first-order chi connectivity index (χ1) is 12.7. The van der Waals surface area contributed by atoms with Gasteiger partial charge in [-0.2, -0.15) is 0 Å². The normalized spacial score (nSPS) is 11.5. The van der Waals surface area contributed by atoms with Gasteiger partial charge in [0.25, 0.3) is 5.56 Å². The average Bonchev–Trinajstić information content (AvgIpc) is 2.61. The molecular formula is C22H24N2O3. The number of phenols is 1. The SMILES string of the molecule is Cc1ccc(-n2c(C(C)C)nc3c(C(=O)C(C)C)c(O)ccc3c2=O)cc1. The third kappa shape index (κ3) is 3.25. The highest BCUT2D eigenvalue weighted by molar-refractivity contribution is 6.09. The number of hydrogen-bond acceptors (Lipinski definition) is 4. The second-order valence-corrected chi connectivity index (χ2v) is 7.48. The van der Waals surface area contributed by atoms with Crippen LogP contribution < -0.4 is 5.56 Å². The molecule has 3 aromatic rings. The minimum atomic E-state index is -0.315. The fraction of sp³-hybridized carbons (Fsp3) is 0.318.